The van der Waals surface area contributed by atoms with Crippen molar-refractivity contribution in [1.82, 2.24) is 5.32 Å². The van der Waals surface area contributed by atoms with Gasteiger partial charge in [-0.1, -0.05) is 411 Å². The molecule has 0 fully saturated rings. The lowest BCUT2D eigenvalue weighted by atomic mass is 10.0. The minimum Gasteiger partial charge on any atom is -0.466 e. The third kappa shape index (κ3) is 71.4. The Kier molecular flexibility index (Phi) is 74.3. The molecule has 0 aromatic carbocycles. The monoisotopic (exact) mass is 1210 g/mol. The number of hydrogen-bond donors (Lipinski definition) is 3. The summed E-state index contributed by atoms with van der Waals surface area (Å²) in [7, 11) is 0. The molecule has 2 atom stereocenters. The highest BCUT2D eigenvalue weighted by Gasteiger charge is 2.20. The first-order valence-corrected chi connectivity index (χ1v) is 39.6. The van der Waals surface area contributed by atoms with Crippen molar-refractivity contribution in [2.75, 3.05) is 13.2 Å². The summed E-state index contributed by atoms with van der Waals surface area (Å²) in [6.07, 6.45) is 97.0. The molecule has 0 rings (SSSR count). The highest BCUT2D eigenvalue weighted by Crippen LogP contribution is 2.20. The lowest BCUT2D eigenvalue weighted by Gasteiger charge is -2.22. The van der Waals surface area contributed by atoms with Gasteiger partial charge in [0.05, 0.1) is 25.4 Å². The van der Waals surface area contributed by atoms with Crippen LogP contribution >= 0.6 is 0 Å². The lowest BCUT2D eigenvalue weighted by molar-refractivity contribution is -0.143. The molecule has 0 aliphatic rings. The van der Waals surface area contributed by atoms with Crippen LogP contribution < -0.4 is 5.32 Å². The van der Waals surface area contributed by atoms with Gasteiger partial charge < -0.3 is 20.3 Å². The van der Waals surface area contributed by atoms with E-state index in [0.29, 0.717) is 25.9 Å². The zero-order valence-corrected chi connectivity index (χ0v) is 58.6. The van der Waals surface area contributed by atoms with Crippen LogP contribution in [0, 0.1) is 0 Å². The molecule has 0 saturated heterocycles. The van der Waals surface area contributed by atoms with Gasteiger partial charge in [-0.3, -0.25) is 9.59 Å². The summed E-state index contributed by atoms with van der Waals surface area (Å²) in [4.78, 5) is 24.6. The van der Waals surface area contributed by atoms with E-state index in [0.717, 1.165) is 51.4 Å². The van der Waals surface area contributed by atoms with E-state index in [1.54, 1.807) is 0 Å². The zero-order chi connectivity index (χ0) is 62.0. The smallest absolute Gasteiger partial charge is 0.305 e. The van der Waals surface area contributed by atoms with Crippen molar-refractivity contribution in [3.05, 3.63) is 24.3 Å². The summed E-state index contributed by atoms with van der Waals surface area (Å²) in [6, 6.07) is -0.539. The average Bonchev–Trinajstić information content (AvgIpc) is 3.54. The predicted molar refractivity (Wildman–Crippen MR) is 380 cm³/mol. The van der Waals surface area contributed by atoms with Crippen LogP contribution in [0.1, 0.15) is 450 Å². The first-order valence-electron chi connectivity index (χ1n) is 39.6. The molecule has 0 aromatic heterocycles. The molecule has 0 radical (unpaired) electrons. The SMILES string of the molecule is CCC/C=C\C/C=C\CCCCCCCC(=O)OCCCCCCCCCCCCCCCCCCCCCCCCCCCCCCCCCCC(=O)NC(CO)C(O)CCCCCCCCCCCCCCCCCCCCCCCCCC. The molecule has 3 N–H and O–H groups in total. The number of carbonyl (C=O) groups is 2. The van der Waals surface area contributed by atoms with E-state index in [1.165, 1.54) is 366 Å². The van der Waals surface area contributed by atoms with Crippen LogP contribution in [0.5, 0.6) is 0 Å². The number of rotatable bonds is 75. The fraction of sp³-hybridized carbons (Fsp3) is 0.925. The Balaban J connectivity index is 3.33. The Morgan fingerprint density at radius 2 is 0.605 bits per heavy atom. The summed E-state index contributed by atoms with van der Waals surface area (Å²) in [5.74, 6) is -0.0180. The maximum Gasteiger partial charge on any atom is 0.305 e. The average molecular weight is 1210 g/mol. The Hall–Kier alpha value is -1.66. The Morgan fingerprint density at radius 3 is 0.930 bits per heavy atom. The number of esters is 1. The quantitative estimate of drug-likeness (QED) is 0.0320. The fourth-order valence-electron chi connectivity index (χ4n) is 12.7. The van der Waals surface area contributed by atoms with E-state index >= 15 is 0 Å². The normalized spacial score (nSPS) is 12.6. The lowest BCUT2D eigenvalue weighted by Crippen LogP contribution is -2.45. The standard InChI is InChI=1S/C80H155NO5/c1-3-5-7-9-11-13-15-17-18-19-20-21-22-33-36-39-42-45-49-52-56-60-64-68-72-78(83)77(76-82)81-79(84)73-69-65-61-57-53-50-46-43-40-37-34-31-29-27-25-23-24-26-28-30-32-35-38-41-44-47-51-55-59-63-67-71-75-86-80(85)74-70-66-62-58-54-48-16-14-12-10-8-6-4-2/h8,10,14,16,77-78,82-83H,3-7,9,11-13,15,17-76H2,1-2H3,(H,81,84)/b10-8-,16-14-. The number of unbranched alkanes of at least 4 members (excludes halogenated alkanes) is 60. The summed E-state index contributed by atoms with van der Waals surface area (Å²) < 4.78 is 5.48. The highest BCUT2D eigenvalue weighted by molar-refractivity contribution is 5.76. The molecule has 6 heteroatoms. The molecule has 86 heavy (non-hydrogen) atoms. The summed E-state index contributed by atoms with van der Waals surface area (Å²) in [6.45, 7) is 4.94. The van der Waals surface area contributed by atoms with Gasteiger partial charge in [-0.25, -0.2) is 0 Å². The largest absolute Gasteiger partial charge is 0.466 e. The van der Waals surface area contributed by atoms with E-state index in [-0.39, 0.29) is 18.5 Å². The van der Waals surface area contributed by atoms with Crippen LogP contribution in [0.4, 0.5) is 0 Å². The van der Waals surface area contributed by atoms with Crippen LogP contribution in [-0.2, 0) is 14.3 Å². The molecular weight excluding hydrogens is 1050 g/mol. The second-order valence-electron chi connectivity index (χ2n) is 27.4. The number of aliphatic hydroxyl groups is 2. The van der Waals surface area contributed by atoms with E-state index in [9.17, 15) is 19.8 Å². The molecule has 0 aliphatic carbocycles. The van der Waals surface area contributed by atoms with Crippen LogP contribution in [-0.4, -0.2) is 47.4 Å². The molecule has 1 amide bonds. The predicted octanol–water partition coefficient (Wildman–Crippen LogP) is 26.0. The molecule has 6 nitrogen and oxygen atoms in total. The molecule has 2 unspecified atom stereocenters. The highest BCUT2D eigenvalue weighted by atomic mass is 16.5. The van der Waals surface area contributed by atoms with Crippen molar-refractivity contribution in [2.45, 2.75) is 463 Å². The van der Waals surface area contributed by atoms with Crippen molar-refractivity contribution >= 4 is 11.9 Å². The Morgan fingerprint density at radius 1 is 0.326 bits per heavy atom. The summed E-state index contributed by atoms with van der Waals surface area (Å²) in [5.41, 5.74) is 0. The number of carbonyl (C=O) groups excluding carboxylic acids is 2. The van der Waals surface area contributed by atoms with Crippen molar-refractivity contribution < 1.29 is 24.5 Å². The Labute approximate surface area is 539 Å². The summed E-state index contributed by atoms with van der Waals surface area (Å²) >= 11 is 0. The number of ether oxygens (including phenoxy) is 1. The third-order valence-corrected chi connectivity index (χ3v) is 18.7. The van der Waals surface area contributed by atoms with Gasteiger partial charge in [0, 0.05) is 12.8 Å². The molecule has 0 saturated carbocycles. The molecular formula is C80H155NO5. The van der Waals surface area contributed by atoms with E-state index < -0.39 is 12.1 Å². The minimum atomic E-state index is -0.662. The van der Waals surface area contributed by atoms with Gasteiger partial charge in [-0.05, 0) is 51.4 Å². The van der Waals surface area contributed by atoms with Gasteiger partial charge in [0.1, 0.15) is 0 Å². The molecule has 0 bridgehead atoms. The van der Waals surface area contributed by atoms with Gasteiger partial charge in [-0.15, -0.1) is 0 Å². The second-order valence-corrected chi connectivity index (χ2v) is 27.4. The zero-order valence-electron chi connectivity index (χ0n) is 58.6. The maximum absolute atomic E-state index is 12.6. The third-order valence-electron chi connectivity index (χ3n) is 18.7. The number of hydrogen-bond acceptors (Lipinski definition) is 5. The number of aliphatic hydroxyl groups excluding tert-OH is 2. The molecule has 0 aliphatic heterocycles. The van der Waals surface area contributed by atoms with Crippen LogP contribution in [0.2, 0.25) is 0 Å². The number of nitrogens with one attached hydrogen (secondary N) is 1. The van der Waals surface area contributed by atoms with Gasteiger partial charge in [0.15, 0.2) is 0 Å². The van der Waals surface area contributed by atoms with Crippen LogP contribution in [0.3, 0.4) is 0 Å². The summed E-state index contributed by atoms with van der Waals surface area (Å²) in [5, 5.41) is 23.5. The van der Waals surface area contributed by atoms with Gasteiger partial charge in [0.25, 0.3) is 0 Å². The van der Waals surface area contributed by atoms with Gasteiger partial charge in [-0.2, -0.15) is 0 Å². The number of allylic oxidation sites excluding steroid dienone is 4. The van der Waals surface area contributed by atoms with E-state index in [2.05, 4.69) is 43.5 Å². The van der Waals surface area contributed by atoms with Gasteiger partial charge >= 0.3 is 5.97 Å². The maximum atomic E-state index is 12.6. The first-order chi connectivity index (χ1) is 42.5. The van der Waals surface area contributed by atoms with Crippen LogP contribution in [0.15, 0.2) is 24.3 Å². The Bertz CT molecular complexity index is 1350. The van der Waals surface area contributed by atoms with E-state index in [1.807, 2.05) is 0 Å². The van der Waals surface area contributed by atoms with Crippen molar-refractivity contribution in [2.24, 2.45) is 0 Å². The minimum absolute atomic E-state index is 0.00669. The molecule has 0 heterocycles. The topological polar surface area (TPSA) is 95.9 Å². The van der Waals surface area contributed by atoms with E-state index in [4.69, 9.17) is 4.74 Å². The van der Waals surface area contributed by atoms with Crippen molar-refractivity contribution in [1.29, 1.82) is 0 Å². The number of amides is 1. The fourth-order valence-corrected chi connectivity index (χ4v) is 12.7. The van der Waals surface area contributed by atoms with Crippen molar-refractivity contribution in [3.8, 4) is 0 Å². The molecule has 0 aromatic rings. The molecule has 0 spiro atoms. The molecule has 510 valence electrons. The first kappa shape index (κ1) is 84.3. The van der Waals surface area contributed by atoms with Gasteiger partial charge in [0.2, 0.25) is 5.91 Å². The van der Waals surface area contributed by atoms with Crippen LogP contribution in [0.25, 0.3) is 0 Å². The second kappa shape index (κ2) is 75.8. The van der Waals surface area contributed by atoms with Crippen molar-refractivity contribution in [3.63, 3.8) is 0 Å².